The molecule has 0 bridgehead atoms. The number of aromatic nitrogens is 4. The monoisotopic (exact) mass is 955 g/mol. The molecule has 2 fully saturated rings. The Kier molecular flexibility index (Phi) is 11.6. The number of nitrogens with zero attached hydrogens (tertiary/aromatic N) is 9. The standard InChI is InChI=1S/C28H26N4O2S.C25H23N5O3S/c33-35(34,23-11-5-2-6-12-23)32-16-15-25-27(32)24-13-7-8-14-26(24)29-28(25)31-19-17-30(18-20-31)21-22-9-3-1-4-10-22;1-28-12-14-29(15-13-28)25-19-16-22(31)30(24(19)18-8-2-3-9-20(18)27-25)34(32,33)21-10-4-6-17-7-5-11-26-23(17)21/h1-16H,17-21H2;2-11H,12-16H2,1H3. The van der Waals surface area contributed by atoms with E-state index in [4.69, 9.17) is 9.97 Å². The molecule has 0 N–H and O–H groups in total. The molecule has 0 atom stereocenters. The van der Waals surface area contributed by atoms with Gasteiger partial charge in [-0.1, -0.05) is 103 Å². The summed E-state index contributed by atoms with van der Waals surface area (Å²) in [6, 6.07) is 44.8. The number of para-hydroxylation sites is 3. The molecule has 1 amide bonds. The summed E-state index contributed by atoms with van der Waals surface area (Å²) in [5.41, 5.74) is 4.90. The van der Waals surface area contributed by atoms with Crippen molar-refractivity contribution in [2.45, 2.75) is 22.8 Å². The van der Waals surface area contributed by atoms with Crippen LogP contribution < -0.4 is 14.1 Å². The highest BCUT2D eigenvalue weighted by Crippen LogP contribution is 2.44. The number of benzene rings is 5. The Bertz CT molecular complexity index is 3630. The van der Waals surface area contributed by atoms with Gasteiger partial charge in [0.25, 0.3) is 20.0 Å². The van der Waals surface area contributed by atoms with Gasteiger partial charge in [-0.3, -0.25) is 14.7 Å². The largest absolute Gasteiger partial charge is 0.354 e. The van der Waals surface area contributed by atoms with E-state index in [0.29, 0.717) is 44.4 Å². The summed E-state index contributed by atoms with van der Waals surface area (Å²) in [7, 11) is -5.88. The van der Waals surface area contributed by atoms with E-state index in [1.807, 2.05) is 78.9 Å². The van der Waals surface area contributed by atoms with E-state index in [1.165, 1.54) is 15.6 Å². The Balaban J connectivity index is 0.000000151. The predicted molar refractivity (Wildman–Crippen MR) is 272 cm³/mol. The molecule has 14 nitrogen and oxygen atoms in total. The molecular formula is C53H49N9O5S2. The number of rotatable bonds is 8. The number of piperazine rings is 2. The van der Waals surface area contributed by atoms with E-state index in [0.717, 1.165) is 85.3 Å². The third-order valence-corrected chi connectivity index (χ3v) is 16.8. The van der Waals surface area contributed by atoms with E-state index < -0.39 is 26.0 Å². The lowest BCUT2D eigenvalue weighted by molar-refractivity contribution is -0.116. The van der Waals surface area contributed by atoms with Crippen LogP contribution in [0, 0.1) is 0 Å². The summed E-state index contributed by atoms with van der Waals surface area (Å²) < 4.78 is 57.6. The summed E-state index contributed by atoms with van der Waals surface area (Å²) >= 11 is 0. The van der Waals surface area contributed by atoms with Crippen molar-refractivity contribution in [1.29, 1.82) is 0 Å². The quantitative estimate of drug-likeness (QED) is 0.148. The number of carbonyl (C=O) groups is 1. The average molecular weight is 956 g/mol. The van der Waals surface area contributed by atoms with E-state index in [2.05, 4.69) is 55.9 Å². The van der Waals surface area contributed by atoms with E-state index in [-0.39, 0.29) is 16.2 Å². The Hall–Kier alpha value is -7.24. The van der Waals surface area contributed by atoms with Gasteiger partial charge in [-0.15, -0.1) is 0 Å². The van der Waals surface area contributed by atoms with Crippen LogP contribution in [-0.4, -0.2) is 111 Å². The van der Waals surface area contributed by atoms with E-state index >= 15 is 0 Å². The van der Waals surface area contributed by atoms with Crippen molar-refractivity contribution < 1.29 is 21.6 Å². The highest BCUT2D eigenvalue weighted by molar-refractivity contribution is 7.94. The molecule has 7 heterocycles. The third-order valence-electron chi connectivity index (χ3n) is 13.3. The molecule has 0 spiro atoms. The first-order chi connectivity index (χ1) is 33.6. The summed E-state index contributed by atoms with van der Waals surface area (Å²) in [6.07, 6.45) is 3.22. The van der Waals surface area contributed by atoms with Gasteiger partial charge in [-0.05, 0) is 55.1 Å². The third kappa shape index (κ3) is 8.12. The molecule has 5 aromatic carbocycles. The zero-order valence-electron chi connectivity index (χ0n) is 38.0. The molecule has 2 saturated heterocycles. The van der Waals surface area contributed by atoms with Crippen LogP contribution in [0.4, 0.5) is 17.3 Å². The number of hydrogen-bond acceptors (Lipinski definition) is 12. The van der Waals surface area contributed by atoms with Crippen molar-refractivity contribution >= 4 is 86.9 Å². The summed E-state index contributed by atoms with van der Waals surface area (Å²) in [5, 5.41) is 3.05. The first-order valence-electron chi connectivity index (χ1n) is 23.0. The van der Waals surface area contributed by atoms with Crippen molar-refractivity contribution in [3.63, 3.8) is 0 Å². The van der Waals surface area contributed by atoms with Gasteiger partial charge < -0.3 is 14.7 Å². The van der Waals surface area contributed by atoms with Crippen LogP contribution in [0.2, 0.25) is 0 Å². The maximum atomic E-state index is 14.0. The van der Waals surface area contributed by atoms with E-state index in [1.54, 1.807) is 48.8 Å². The van der Waals surface area contributed by atoms with Crippen LogP contribution in [0.5, 0.6) is 0 Å². The molecule has 0 saturated carbocycles. The fourth-order valence-electron chi connectivity index (χ4n) is 9.79. The normalized spacial score (nSPS) is 16.1. The molecule has 9 aromatic rings. The fourth-order valence-corrected chi connectivity index (χ4v) is 12.8. The Labute approximate surface area is 400 Å². The van der Waals surface area contributed by atoms with Gasteiger partial charge in [0.2, 0.25) is 5.91 Å². The van der Waals surface area contributed by atoms with Crippen molar-refractivity contribution in [2.75, 3.05) is 73.5 Å². The van der Waals surface area contributed by atoms with Gasteiger partial charge in [0.15, 0.2) is 0 Å². The number of fused-ring (bicyclic) bond motifs is 7. The lowest BCUT2D eigenvalue weighted by Crippen LogP contribution is -2.46. The van der Waals surface area contributed by atoms with Crippen LogP contribution in [0.3, 0.4) is 0 Å². The molecule has 3 aliphatic rings. The smallest absolute Gasteiger partial charge is 0.273 e. The lowest BCUT2D eigenvalue weighted by Gasteiger charge is -2.36. The van der Waals surface area contributed by atoms with E-state index in [9.17, 15) is 21.6 Å². The molecule has 16 heteroatoms. The van der Waals surface area contributed by atoms with Crippen LogP contribution in [0.15, 0.2) is 168 Å². The van der Waals surface area contributed by atoms with Crippen molar-refractivity contribution in [3.8, 4) is 0 Å². The molecule has 348 valence electrons. The van der Waals surface area contributed by atoms with Gasteiger partial charge in [-0.2, -0.15) is 0 Å². The number of anilines is 3. The van der Waals surface area contributed by atoms with Gasteiger partial charge in [-0.25, -0.2) is 35.1 Å². The number of likely N-dealkylation sites (N-methyl/N-ethyl adjacent to an activating group) is 1. The molecule has 0 unspecified atom stereocenters. The molecule has 0 radical (unpaired) electrons. The summed E-state index contributed by atoms with van der Waals surface area (Å²) in [5.74, 6) is 1.07. The molecule has 4 aromatic heterocycles. The minimum absolute atomic E-state index is 0.00767. The topological polar surface area (TPSA) is 145 Å². The predicted octanol–water partition coefficient (Wildman–Crippen LogP) is 7.56. The Morgan fingerprint density at radius 2 is 1.17 bits per heavy atom. The minimum atomic E-state index is -4.21. The highest BCUT2D eigenvalue weighted by Gasteiger charge is 2.42. The van der Waals surface area contributed by atoms with Gasteiger partial charge in [0.05, 0.1) is 39.1 Å². The van der Waals surface area contributed by atoms with Crippen LogP contribution >= 0.6 is 0 Å². The zero-order valence-corrected chi connectivity index (χ0v) is 39.6. The van der Waals surface area contributed by atoms with Crippen molar-refractivity contribution in [3.05, 3.63) is 169 Å². The van der Waals surface area contributed by atoms with Gasteiger partial charge >= 0.3 is 0 Å². The molecule has 69 heavy (non-hydrogen) atoms. The van der Waals surface area contributed by atoms with Crippen LogP contribution in [0.1, 0.15) is 11.1 Å². The maximum absolute atomic E-state index is 14.0. The number of amides is 1. The number of hydrogen-bond donors (Lipinski definition) is 0. The first kappa shape index (κ1) is 44.3. The maximum Gasteiger partial charge on any atom is 0.273 e. The Morgan fingerprint density at radius 1 is 0.565 bits per heavy atom. The molecule has 12 rings (SSSR count). The summed E-state index contributed by atoms with van der Waals surface area (Å²) in [6.45, 7) is 7.74. The number of carbonyl (C=O) groups excluding carboxylic acids is 1. The second kappa shape index (κ2) is 18.0. The second-order valence-corrected chi connectivity index (χ2v) is 21.2. The average Bonchev–Trinajstić information content (AvgIpc) is 4.00. The molecule has 0 aliphatic carbocycles. The molecule has 3 aliphatic heterocycles. The van der Waals surface area contributed by atoms with Gasteiger partial charge in [0, 0.05) is 98.4 Å². The van der Waals surface area contributed by atoms with Crippen LogP contribution in [0.25, 0.3) is 43.6 Å². The molecular weight excluding hydrogens is 907 g/mol. The fraction of sp³-hybridized carbons (Fsp3) is 0.208. The highest BCUT2D eigenvalue weighted by atomic mass is 32.2. The zero-order chi connectivity index (χ0) is 47.3. The minimum Gasteiger partial charge on any atom is -0.354 e. The SMILES string of the molecule is CN1CCN(c2nc3ccccc3c3c2CC(=O)N3S(=O)(=O)c2cccc3cccnc23)CC1.O=S(=O)(c1ccccc1)n1ccc2c(N3CCN(Cc4ccccc4)CC3)nc3ccccc3c21. The van der Waals surface area contributed by atoms with Crippen LogP contribution in [-0.2, 0) is 37.8 Å². The summed E-state index contributed by atoms with van der Waals surface area (Å²) in [4.78, 5) is 37.0. The number of sulfonamides is 1. The lowest BCUT2D eigenvalue weighted by atomic mass is 10.1. The van der Waals surface area contributed by atoms with Crippen molar-refractivity contribution in [2.24, 2.45) is 0 Å². The van der Waals surface area contributed by atoms with Crippen molar-refractivity contribution in [1.82, 2.24) is 28.7 Å². The number of pyridine rings is 3. The first-order valence-corrected chi connectivity index (χ1v) is 25.9. The second-order valence-electron chi connectivity index (χ2n) is 17.6. The van der Waals surface area contributed by atoms with Gasteiger partial charge in [0.1, 0.15) is 16.5 Å². The Morgan fingerprint density at radius 3 is 1.91 bits per heavy atom.